The number of hydrogen-bond donors (Lipinski definition) is 0. The highest BCUT2D eigenvalue weighted by Crippen LogP contribution is 2.31. The maximum absolute atomic E-state index is 5.26. The Morgan fingerprint density at radius 2 is 2.44 bits per heavy atom. The van der Waals surface area contributed by atoms with Crippen LogP contribution in [0.2, 0.25) is 0 Å². The maximum Gasteiger partial charge on any atom is 0.102 e. The number of hydrogen-bond acceptors (Lipinski definition) is 1. The molecule has 0 aromatic heterocycles. The normalized spacial score (nSPS) is 28.0. The van der Waals surface area contributed by atoms with Gasteiger partial charge in [0.15, 0.2) is 0 Å². The van der Waals surface area contributed by atoms with Crippen LogP contribution in [0.15, 0.2) is 0 Å². The summed E-state index contributed by atoms with van der Waals surface area (Å²) in [5.41, 5.74) is 0. The molecule has 1 rings (SSSR count). The lowest BCUT2D eigenvalue weighted by atomic mass is 9.96. The van der Waals surface area contributed by atoms with Gasteiger partial charge in [0.1, 0.15) is 6.10 Å². The highest BCUT2D eigenvalue weighted by molar-refractivity contribution is 4.92. The van der Waals surface area contributed by atoms with Gasteiger partial charge < -0.3 is 4.74 Å². The monoisotopic (exact) mass is 127 g/mol. The van der Waals surface area contributed by atoms with Crippen LogP contribution in [0, 0.1) is 12.0 Å². The summed E-state index contributed by atoms with van der Waals surface area (Å²) < 4.78 is 5.26. The third-order valence-corrected chi connectivity index (χ3v) is 1.85. The molecular formula is C8H15O. The van der Waals surface area contributed by atoms with Gasteiger partial charge in [-0.25, -0.2) is 0 Å². The zero-order valence-electron chi connectivity index (χ0n) is 6.31. The van der Waals surface area contributed by atoms with Crippen molar-refractivity contribution in [3.05, 3.63) is 6.10 Å². The molecule has 1 aliphatic rings. The van der Waals surface area contributed by atoms with Gasteiger partial charge in [-0.3, -0.25) is 0 Å². The fourth-order valence-corrected chi connectivity index (χ4v) is 1.04. The standard InChI is InChI=1S/C8H15O/c1-3-4-5-8-7(2)6-9-8/h7H,3-6H2,1-2H3. The van der Waals surface area contributed by atoms with Gasteiger partial charge in [-0.15, -0.1) is 0 Å². The lowest BCUT2D eigenvalue weighted by molar-refractivity contribution is -0.0220. The summed E-state index contributed by atoms with van der Waals surface area (Å²) in [7, 11) is 0. The fraction of sp³-hybridized carbons (Fsp3) is 0.875. The topological polar surface area (TPSA) is 9.23 Å². The second-order valence-corrected chi connectivity index (χ2v) is 2.78. The van der Waals surface area contributed by atoms with Crippen LogP contribution in [0.1, 0.15) is 33.1 Å². The van der Waals surface area contributed by atoms with E-state index >= 15 is 0 Å². The van der Waals surface area contributed by atoms with Gasteiger partial charge in [-0.05, 0) is 6.42 Å². The lowest BCUT2D eigenvalue weighted by Crippen LogP contribution is -2.29. The van der Waals surface area contributed by atoms with E-state index in [1.165, 1.54) is 25.4 Å². The molecule has 0 saturated carbocycles. The molecule has 1 unspecified atom stereocenters. The van der Waals surface area contributed by atoms with Gasteiger partial charge in [-0.1, -0.05) is 26.7 Å². The largest absolute Gasteiger partial charge is 0.371 e. The molecule has 9 heavy (non-hydrogen) atoms. The summed E-state index contributed by atoms with van der Waals surface area (Å²) in [4.78, 5) is 0. The summed E-state index contributed by atoms with van der Waals surface area (Å²) in [5, 5.41) is 0. The summed E-state index contributed by atoms with van der Waals surface area (Å²) >= 11 is 0. The molecule has 0 spiro atoms. The van der Waals surface area contributed by atoms with Crippen molar-refractivity contribution < 1.29 is 4.74 Å². The molecule has 1 nitrogen and oxygen atoms in total. The van der Waals surface area contributed by atoms with Crippen LogP contribution in [0.5, 0.6) is 0 Å². The minimum atomic E-state index is 0.747. The minimum Gasteiger partial charge on any atom is -0.371 e. The van der Waals surface area contributed by atoms with Crippen molar-refractivity contribution in [2.45, 2.75) is 33.1 Å². The summed E-state index contributed by atoms with van der Waals surface area (Å²) in [6, 6.07) is 0. The van der Waals surface area contributed by atoms with Crippen molar-refractivity contribution in [2.75, 3.05) is 6.61 Å². The molecule has 0 aromatic carbocycles. The molecule has 1 aliphatic heterocycles. The smallest absolute Gasteiger partial charge is 0.102 e. The van der Waals surface area contributed by atoms with Crippen molar-refractivity contribution in [3.63, 3.8) is 0 Å². The van der Waals surface area contributed by atoms with E-state index in [-0.39, 0.29) is 0 Å². The molecule has 1 fully saturated rings. The highest BCUT2D eigenvalue weighted by atomic mass is 16.5. The van der Waals surface area contributed by atoms with E-state index in [2.05, 4.69) is 13.8 Å². The van der Waals surface area contributed by atoms with Crippen LogP contribution >= 0.6 is 0 Å². The van der Waals surface area contributed by atoms with Gasteiger partial charge in [0, 0.05) is 5.92 Å². The molecule has 1 heteroatoms. The average molecular weight is 127 g/mol. The second-order valence-electron chi connectivity index (χ2n) is 2.78. The Morgan fingerprint density at radius 3 is 2.78 bits per heavy atom. The molecule has 53 valence electrons. The van der Waals surface area contributed by atoms with Crippen LogP contribution in [0.3, 0.4) is 0 Å². The Hall–Kier alpha value is -0.0400. The zero-order chi connectivity index (χ0) is 6.69. The van der Waals surface area contributed by atoms with E-state index in [0.717, 1.165) is 12.5 Å². The quantitative estimate of drug-likeness (QED) is 0.565. The summed E-state index contributed by atoms with van der Waals surface area (Å²) in [6.07, 6.45) is 5.09. The van der Waals surface area contributed by atoms with Gasteiger partial charge in [0.2, 0.25) is 0 Å². The van der Waals surface area contributed by atoms with Crippen molar-refractivity contribution in [3.8, 4) is 0 Å². The Kier molecular flexibility index (Phi) is 2.52. The van der Waals surface area contributed by atoms with Crippen molar-refractivity contribution in [2.24, 2.45) is 5.92 Å². The Bertz CT molecular complexity index is 80.6. The van der Waals surface area contributed by atoms with Crippen molar-refractivity contribution in [1.29, 1.82) is 0 Å². The maximum atomic E-state index is 5.26. The number of unbranched alkanes of at least 4 members (excludes halogenated alkanes) is 1. The fourth-order valence-electron chi connectivity index (χ4n) is 1.04. The minimum absolute atomic E-state index is 0.747. The first kappa shape index (κ1) is 7.07. The molecule has 1 radical (unpaired) electrons. The molecule has 0 aliphatic carbocycles. The molecule has 1 saturated heterocycles. The van der Waals surface area contributed by atoms with Crippen molar-refractivity contribution in [1.82, 2.24) is 0 Å². The zero-order valence-corrected chi connectivity index (χ0v) is 6.31. The SMILES string of the molecule is CCCC[C]1OCC1C. The second kappa shape index (κ2) is 3.21. The number of rotatable bonds is 3. The van der Waals surface area contributed by atoms with E-state index in [1.54, 1.807) is 0 Å². The number of ether oxygens (including phenoxy) is 1. The summed E-state index contributed by atoms with van der Waals surface area (Å²) in [5.74, 6) is 0.747. The van der Waals surface area contributed by atoms with Gasteiger partial charge in [0.25, 0.3) is 0 Å². The van der Waals surface area contributed by atoms with E-state index < -0.39 is 0 Å². The molecule has 0 aromatic rings. The first-order chi connectivity index (χ1) is 4.34. The Morgan fingerprint density at radius 1 is 1.67 bits per heavy atom. The van der Waals surface area contributed by atoms with Gasteiger partial charge >= 0.3 is 0 Å². The predicted octanol–water partition coefficient (Wildman–Crippen LogP) is 2.37. The first-order valence-electron chi connectivity index (χ1n) is 3.83. The molecule has 1 heterocycles. The van der Waals surface area contributed by atoms with Crippen LogP contribution in [0.4, 0.5) is 0 Å². The summed E-state index contributed by atoms with van der Waals surface area (Å²) in [6.45, 7) is 5.40. The molecule has 1 atom stereocenters. The first-order valence-corrected chi connectivity index (χ1v) is 3.83. The average Bonchev–Trinajstić information content (AvgIpc) is 1.86. The molecule has 0 N–H and O–H groups in total. The van der Waals surface area contributed by atoms with Crippen LogP contribution in [-0.4, -0.2) is 6.61 Å². The van der Waals surface area contributed by atoms with Crippen LogP contribution in [-0.2, 0) is 4.74 Å². The molecule has 0 amide bonds. The molecular weight excluding hydrogens is 112 g/mol. The van der Waals surface area contributed by atoms with E-state index in [4.69, 9.17) is 4.74 Å². The third kappa shape index (κ3) is 1.68. The highest BCUT2D eigenvalue weighted by Gasteiger charge is 2.27. The van der Waals surface area contributed by atoms with Gasteiger partial charge in [0.05, 0.1) is 6.61 Å². The third-order valence-electron chi connectivity index (χ3n) is 1.85. The predicted molar refractivity (Wildman–Crippen MR) is 37.9 cm³/mol. The Labute approximate surface area is 57.4 Å². The van der Waals surface area contributed by atoms with Crippen molar-refractivity contribution >= 4 is 0 Å². The molecule has 0 bridgehead atoms. The Balaban J connectivity index is 1.99. The van der Waals surface area contributed by atoms with E-state index in [9.17, 15) is 0 Å². The van der Waals surface area contributed by atoms with E-state index in [0.29, 0.717) is 0 Å². The van der Waals surface area contributed by atoms with E-state index in [1.807, 2.05) is 0 Å². The van der Waals surface area contributed by atoms with Crippen LogP contribution < -0.4 is 0 Å². The van der Waals surface area contributed by atoms with Crippen LogP contribution in [0.25, 0.3) is 0 Å². The lowest BCUT2D eigenvalue weighted by Gasteiger charge is -2.32. The van der Waals surface area contributed by atoms with Gasteiger partial charge in [-0.2, -0.15) is 0 Å².